The lowest BCUT2D eigenvalue weighted by atomic mass is 9.97. The Morgan fingerprint density at radius 1 is 0.852 bits per heavy atom. The van der Waals surface area contributed by atoms with Gasteiger partial charge in [-0.25, -0.2) is 4.79 Å². The molecule has 0 heterocycles. The number of fused-ring (bicyclic) bond motifs is 5. The van der Waals surface area contributed by atoms with Crippen LogP contribution in [0.4, 0.5) is 4.79 Å². The molecule has 0 aliphatic rings. The normalized spacial score (nSPS) is 11.2. The molecular weight excluding hydrogens is 449 g/mol. The number of amides is 1. The van der Waals surface area contributed by atoms with Gasteiger partial charge in [-0.2, -0.15) is 0 Å². The molecule has 0 atom stereocenters. The van der Waals surface area contributed by atoms with Crippen LogP contribution in [0.5, 0.6) is 5.75 Å². The van der Waals surface area contributed by atoms with Gasteiger partial charge >= 0.3 is 6.09 Å². The predicted molar refractivity (Wildman–Crippen MR) is 121 cm³/mol. The summed E-state index contributed by atoms with van der Waals surface area (Å²) in [5.74, 6) is 0.612. The van der Waals surface area contributed by atoms with Gasteiger partial charge in [0.05, 0.1) is 3.57 Å². The lowest BCUT2D eigenvalue weighted by Gasteiger charge is -2.19. The van der Waals surface area contributed by atoms with Crippen molar-refractivity contribution < 1.29 is 9.53 Å². The molecule has 4 heteroatoms. The molecule has 4 aromatic carbocycles. The van der Waals surface area contributed by atoms with Crippen LogP contribution < -0.4 is 4.74 Å². The van der Waals surface area contributed by atoms with Crippen LogP contribution in [0.15, 0.2) is 60.7 Å². The van der Waals surface area contributed by atoms with Crippen molar-refractivity contribution in [1.29, 1.82) is 0 Å². The summed E-state index contributed by atoms with van der Waals surface area (Å²) >= 11 is 2.23. The second-order valence-electron chi connectivity index (χ2n) is 6.49. The topological polar surface area (TPSA) is 29.5 Å². The van der Waals surface area contributed by atoms with Crippen LogP contribution in [-0.4, -0.2) is 24.1 Å². The fourth-order valence-electron chi connectivity index (χ4n) is 3.54. The van der Waals surface area contributed by atoms with E-state index >= 15 is 0 Å². The van der Waals surface area contributed by atoms with Crippen LogP contribution in [0.3, 0.4) is 0 Å². The highest BCUT2D eigenvalue weighted by Crippen LogP contribution is 2.35. The molecule has 0 fully saturated rings. The molecule has 0 bridgehead atoms. The molecule has 27 heavy (non-hydrogen) atoms. The van der Waals surface area contributed by atoms with Gasteiger partial charge < -0.3 is 9.64 Å². The second-order valence-corrected chi connectivity index (χ2v) is 7.65. The third-order valence-corrected chi connectivity index (χ3v) is 5.86. The van der Waals surface area contributed by atoms with Crippen molar-refractivity contribution in [3.05, 3.63) is 64.2 Å². The SMILES string of the molecule is CCN(CC)C(=O)Oc1cc2c(ccc3c4ccccc4ccc23)cc1I. The standard InChI is InChI=1S/C23H20INO2/c1-3-25(4-2)23(26)27-22-14-20-16(13-21(22)24)10-12-18-17-8-6-5-7-15(17)9-11-19(18)20/h5-14H,3-4H2,1-2H3. The minimum atomic E-state index is -0.303. The zero-order valence-corrected chi connectivity index (χ0v) is 17.5. The van der Waals surface area contributed by atoms with E-state index in [1.807, 2.05) is 19.9 Å². The van der Waals surface area contributed by atoms with Crippen LogP contribution >= 0.6 is 22.6 Å². The summed E-state index contributed by atoms with van der Waals surface area (Å²) in [6.07, 6.45) is -0.303. The Hall–Kier alpha value is -2.34. The monoisotopic (exact) mass is 469 g/mol. The Kier molecular flexibility index (Phi) is 4.91. The van der Waals surface area contributed by atoms with Gasteiger partial charge in [0, 0.05) is 13.1 Å². The van der Waals surface area contributed by atoms with Crippen molar-refractivity contribution in [3.63, 3.8) is 0 Å². The lowest BCUT2D eigenvalue weighted by Crippen LogP contribution is -2.33. The van der Waals surface area contributed by atoms with Gasteiger partial charge in [0.15, 0.2) is 0 Å². The number of benzene rings is 4. The highest BCUT2D eigenvalue weighted by molar-refractivity contribution is 14.1. The Bertz CT molecular complexity index is 1170. The summed E-state index contributed by atoms with van der Waals surface area (Å²) < 4.78 is 6.64. The van der Waals surface area contributed by atoms with E-state index in [1.165, 1.54) is 21.5 Å². The molecule has 0 saturated carbocycles. The number of nitrogens with zero attached hydrogens (tertiary/aromatic N) is 1. The first kappa shape index (κ1) is 18.0. The van der Waals surface area contributed by atoms with Gasteiger partial charge in [-0.15, -0.1) is 0 Å². The molecular formula is C23H20INO2. The Balaban J connectivity index is 1.89. The summed E-state index contributed by atoms with van der Waals surface area (Å²) in [5.41, 5.74) is 0. The summed E-state index contributed by atoms with van der Waals surface area (Å²) in [7, 11) is 0. The lowest BCUT2D eigenvalue weighted by molar-refractivity contribution is 0.157. The minimum Gasteiger partial charge on any atom is -0.409 e. The third-order valence-electron chi connectivity index (χ3n) is 5.01. The number of rotatable bonds is 3. The molecule has 1 amide bonds. The molecule has 0 radical (unpaired) electrons. The van der Waals surface area contributed by atoms with E-state index in [-0.39, 0.29) is 6.09 Å². The molecule has 0 aliphatic heterocycles. The first-order chi connectivity index (χ1) is 13.1. The van der Waals surface area contributed by atoms with E-state index in [1.54, 1.807) is 4.90 Å². The van der Waals surface area contributed by atoms with E-state index in [2.05, 4.69) is 77.2 Å². The van der Waals surface area contributed by atoms with Crippen LogP contribution in [0.1, 0.15) is 13.8 Å². The Morgan fingerprint density at radius 2 is 1.52 bits per heavy atom. The van der Waals surface area contributed by atoms with Crippen molar-refractivity contribution in [1.82, 2.24) is 4.90 Å². The fourth-order valence-corrected chi connectivity index (χ4v) is 4.14. The largest absolute Gasteiger partial charge is 0.415 e. The van der Waals surface area contributed by atoms with Crippen LogP contribution in [0.25, 0.3) is 32.3 Å². The highest BCUT2D eigenvalue weighted by atomic mass is 127. The predicted octanol–water partition coefficient (Wildman–Crippen LogP) is 6.59. The maximum atomic E-state index is 12.4. The minimum absolute atomic E-state index is 0.303. The molecule has 136 valence electrons. The first-order valence-corrected chi connectivity index (χ1v) is 10.2. The average molecular weight is 469 g/mol. The fraction of sp³-hybridized carbons (Fsp3) is 0.174. The van der Waals surface area contributed by atoms with E-state index in [4.69, 9.17) is 4.74 Å². The van der Waals surface area contributed by atoms with E-state index in [0.717, 1.165) is 14.3 Å². The number of hydrogen-bond acceptors (Lipinski definition) is 2. The molecule has 4 aromatic rings. The van der Waals surface area contributed by atoms with E-state index in [9.17, 15) is 4.79 Å². The van der Waals surface area contributed by atoms with Gasteiger partial charge in [0.25, 0.3) is 0 Å². The van der Waals surface area contributed by atoms with Crippen molar-refractivity contribution in [3.8, 4) is 5.75 Å². The Morgan fingerprint density at radius 3 is 2.26 bits per heavy atom. The Labute approximate surface area is 172 Å². The van der Waals surface area contributed by atoms with Gasteiger partial charge in [-0.05, 0) is 80.9 Å². The number of ether oxygens (including phenoxy) is 1. The zero-order valence-electron chi connectivity index (χ0n) is 15.3. The second kappa shape index (κ2) is 7.35. The van der Waals surface area contributed by atoms with E-state index < -0.39 is 0 Å². The molecule has 0 spiro atoms. The zero-order chi connectivity index (χ0) is 19.0. The molecule has 0 aromatic heterocycles. The van der Waals surface area contributed by atoms with Crippen molar-refractivity contribution in [2.75, 3.05) is 13.1 Å². The van der Waals surface area contributed by atoms with Crippen LogP contribution in [0, 0.1) is 3.57 Å². The quantitative estimate of drug-likeness (QED) is 0.250. The number of carbonyl (C=O) groups is 1. The average Bonchev–Trinajstić information content (AvgIpc) is 2.69. The summed E-state index contributed by atoms with van der Waals surface area (Å²) in [5, 5.41) is 7.08. The van der Waals surface area contributed by atoms with Crippen molar-refractivity contribution in [2.45, 2.75) is 13.8 Å². The maximum absolute atomic E-state index is 12.4. The summed E-state index contributed by atoms with van der Waals surface area (Å²) in [6, 6.07) is 21.1. The van der Waals surface area contributed by atoms with Gasteiger partial charge in [-0.3, -0.25) is 0 Å². The maximum Gasteiger partial charge on any atom is 0.415 e. The molecule has 0 N–H and O–H groups in total. The molecule has 3 nitrogen and oxygen atoms in total. The summed E-state index contributed by atoms with van der Waals surface area (Å²) in [4.78, 5) is 14.1. The van der Waals surface area contributed by atoms with Gasteiger partial charge in [0.2, 0.25) is 0 Å². The van der Waals surface area contributed by atoms with Crippen molar-refractivity contribution >= 4 is 61.0 Å². The third kappa shape index (κ3) is 3.23. The van der Waals surface area contributed by atoms with E-state index in [0.29, 0.717) is 18.8 Å². The molecule has 0 unspecified atom stereocenters. The van der Waals surface area contributed by atoms with Crippen LogP contribution in [-0.2, 0) is 0 Å². The first-order valence-electron chi connectivity index (χ1n) is 9.13. The smallest absolute Gasteiger partial charge is 0.409 e. The molecule has 0 aliphatic carbocycles. The number of carbonyl (C=O) groups excluding carboxylic acids is 1. The molecule has 4 rings (SSSR count). The summed E-state index contributed by atoms with van der Waals surface area (Å²) in [6.45, 7) is 5.17. The number of halogens is 1. The van der Waals surface area contributed by atoms with Gasteiger partial charge in [-0.1, -0.05) is 48.5 Å². The van der Waals surface area contributed by atoms with Gasteiger partial charge in [0.1, 0.15) is 5.75 Å². The number of hydrogen-bond donors (Lipinski definition) is 0. The van der Waals surface area contributed by atoms with Crippen LogP contribution in [0.2, 0.25) is 0 Å². The molecule has 0 saturated heterocycles. The highest BCUT2D eigenvalue weighted by Gasteiger charge is 2.15. The van der Waals surface area contributed by atoms with Crippen molar-refractivity contribution in [2.24, 2.45) is 0 Å².